The fraction of sp³-hybridized carbons (Fsp3) is 1.00. The van der Waals surface area contributed by atoms with E-state index in [1.165, 1.54) is 25.7 Å². The third-order valence-electron chi connectivity index (χ3n) is 4.63. The summed E-state index contributed by atoms with van der Waals surface area (Å²) >= 11 is -0.492. The quantitative estimate of drug-likeness (QED) is 0.161. The van der Waals surface area contributed by atoms with E-state index in [1.807, 2.05) is 0 Å². The van der Waals surface area contributed by atoms with Crippen LogP contribution in [0.2, 0.25) is 0 Å². The molecule has 0 saturated carbocycles. The van der Waals surface area contributed by atoms with E-state index in [1.54, 1.807) is 0 Å². The van der Waals surface area contributed by atoms with Crippen molar-refractivity contribution < 1.29 is 18.2 Å². The van der Waals surface area contributed by atoms with Gasteiger partial charge in [-0.2, -0.15) is 0 Å². The van der Waals surface area contributed by atoms with E-state index in [-0.39, 0.29) is 11.1 Å². The Morgan fingerprint density at radius 2 is 0.968 bits per heavy atom. The second-order valence-corrected chi connectivity index (χ2v) is 11.6. The Kier molecular flexibility index (Phi) is 27.0. The molecule has 0 rings (SSSR count). The van der Waals surface area contributed by atoms with Crippen molar-refractivity contribution >= 4 is 0 Å². The first-order chi connectivity index (χ1) is 14.4. The molecule has 0 bridgehead atoms. The minimum absolute atomic E-state index is 0.148. The van der Waals surface area contributed by atoms with Gasteiger partial charge < -0.3 is 10.6 Å². The van der Waals surface area contributed by atoms with Gasteiger partial charge in [0.2, 0.25) is 0 Å². The second-order valence-electron chi connectivity index (χ2n) is 10.4. The monoisotopic (exact) mass is 524 g/mol. The summed E-state index contributed by atoms with van der Waals surface area (Å²) in [6.07, 6.45) is 7.27. The molecule has 0 amide bonds. The molecular formula is C26H58MoN4. The summed E-state index contributed by atoms with van der Waals surface area (Å²) in [5.74, 6) is 1.48. The average molecular weight is 523 g/mol. The van der Waals surface area contributed by atoms with E-state index in [2.05, 4.69) is 101 Å². The van der Waals surface area contributed by atoms with Crippen LogP contribution in [-0.2, 0) is 18.2 Å². The number of unbranched alkanes of at least 4 members (excludes halogenated alkanes) is 2. The smallest absolute Gasteiger partial charge is 0.0578 e. The molecule has 0 radical (unpaired) electrons. The van der Waals surface area contributed by atoms with Crippen LogP contribution in [0.15, 0.2) is 6.99 Å². The number of hydrogen-bond donors (Lipinski definition) is 0. The minimum atomic E-state index is -0.492. The van der Waals surface area contributed by atoms with Crippen molar-refractivity contribution in [3.8, 4) is 0 Å². The van der Waals surface area contributed by atoms with E-state index in [0.717, 1.165) is 50.9 Å². The predicted octanol–water partition coefficient (Wildman–Crippen LogP) is 9.45. The summed E-state index contributed by atoms with van der Waals surface area (Å²) in [5.41, 5.74) is 0.297. The Hall–Kier alpha value is 0.208. The Bertz CT molecular complexity index is 389. The molecule has 0 aliphatic heterocycles. The zero-order valence-corrected chi connectivity index (χ0v) is 25.4. The summed E-state index contributed by atoms with van der Waals surface area (Å²) in [4.78, 5) is 0. The van der Waals surface area contributed by atoms with Gasteiger partial charge in [-0.25, -0.2) is 0 Å². The van der Waals surface area contributed by atoms with Gasteiger partial charge in [0.05, 0.1) is 0 Å². The van der Waals surface area contributed by atoms with Crippen LogP contribution in [0.25, 0.3) is 10.6 Å². The maximum Gasteiger partial charge on any atom is -0.0578 e. The fourth-order valence-electron chi connectivity index (χ4n) is 1.61. The van der Waals surface area contributed by atoms with Crippen LogP contribution in [0.5, 0.6) is 0 Å². The zero-order valence-electron chi connectivity index (χ0n) is 23.4. The molecule has 0 aromatic rings. The van der Waals surface area contributed by atoms with Gasteiger partial charge in [-0.1, -0.05) is 79.1 Å². The molecule has 5 heteroatoms. The molecule has 0 spiro atoms. The number of nitrogens with zero attached hydrogens (tertiary/aromatic N) is 4. The second kappa shape index (κ2) is 23.4. The van der Waals surface area contributed by atoms with E-state index in [0.29, 0.717) is 0 Å². The molecule has 0 aromatic heterocycles. The Labute approximate surface area is 206 Å². The zero-order chi connectivity index (χ0) is 24.8. The molecule has 31 heavy (non-hydrogen) atoms. The van der Waals surface area contributed by atoms with Crippen LogP contribution in [-0.4, -0.2) is 37.3 Å². The third-order valence-corrected chi connectivity index (χ3v) is 7.47. The summed E-state index contributed by atoms with van der Waals surface area (Å²) in [5, 5.41) is 8.72. The summed E-state index contributed by atoms with van der Waals surface area (Å²) in [6.45, 7) is 30.5. The van der Waals surface area contributed by atoms with Gasteiger partial charge in [0, 0.05) is 0 Å². The van der Waals surface area contributed by atoms with Crippen LogP contribution in [0.3, 0.4) is 0 Å². The molecule has 0 aromatic carbocycles. The van der Waals surface area contributed by atoms with Crippen LogP contribution >= 0.6 is 0 Å². The molecule has 188 valence electrons. The van der Waals surface area contributed by atoms with Crippen molar-refractivity contribution in [1.29, 1.82) is 0 Å². The van der Waals surface area contributed by atoms with Crippen LogP contribution in [0.1, 0.15) is 122 Å². The van der Waals surface area contributed by atoms with Crippen molar-refractivity contribution in [2.24, 2.45) is 18.8 Å². The normalized spacial score (nSPS) is 11.3. The molecular weight excluding hydrogens is 464 g/mol. The van der Waals surface area contributed by atoms with E-state index < -0.39 is 18.2 Å². The van der Waals surface area contributed by atoms with Crippen molar-refractivity contribution in [1.82, 2.24) is 0 Å². The van der Waals surface area contributed by atoms with Crippen LogP contribution < -0.4 is 0 Å². The van der Waals surface area contributed by atoms with Crippen LogP contribution in [0, 0.1) is 11.8 Å². The molecule has 0 unspecified atom stereocenters. The number of hydrogen-bond acceptors (Lipinski definition) is 2. The molecule has 0 heterocycles. The maximum absolute atomic E-state index is 4.67. The van der Waals surface area contributed by atoms with E-state index in [4.69, 9.17) is 0 Å². The van der Waals surface area contributed by atoms with Crippen molar-refractivity contribution in [2.45, 2.75) is 133 Å². The molecule has 0 aliphatic carbocycles. The SMILES string of the molecule is CCC(C)(C)[N]=[Mo+2]=[N]C(C)(C)CC.CCCC[N-]CC(C)C.CCCC[N-]CC(C)C. The molecule has 4 nitrogen and oxygen atoms in total. The molecule has 0 atom stereocenters. The summed E-state index contributed by atoms with van der Waals surface area (Å²) in [6, 6.07) is 0. The van der Waals surface area contributed by atoms with Gasteiger partial charge in [0.25, 0.3) is 0 Å². The van der Waals surface area contributed by atoms with E-state index in [9.17, 15) is 0 Å². The average Bonchev–Trinajstić information content (AvgIpc) is 2.69. The summed E-state index contributed by atoms with van der Waals surface area (Å²) in [7, 11) is 0. The first-order valence-corrected chi connectivity index (χ1v) is 14.5. The largest absolute Gasteiger partial charge is 0.662 e. The van der Waals surface area contributed by atoms with Crippen molar-refractivity contribution in [3.63, 3.8) is 0 Å². The van der Waals surface area contributed by atoms with Gasteiger partial charge in [0.15, 0.2) is 0 Å². The predicted molar refractivity (Wildman–Crippen MR) is 139 cm³/mol. The number of rotatable bonds is 14. The van der Waals surface area contributed by atoms with Gasteiger partial charge in [-0.15, -0.1) is 26.2 Å². The van der Waals surface area contributed by atoms with Crippen LogP contribution in [0.4, 0.5) is 0 Å². The standard InChI is InChI=1S/2C8H18N.2C5H11N.Mo/c2*1-4-5-6-9-7-8(2)3;2*1-4-5(2,3)6;/h2*8H,4-7H2,1-3H3;2*4H2,1-3H3;/q2*-1;;;+2. The van der Waals surface area contributed by atoms with Gasteiger partial charge >= 0.3 is 90.7 Å². The topological polar surface area (TPSA) is 52.9 Å². The molecule has 0 saturated heterocycles. The minimum Gasteiger partial charge on any atom is -0.662 e. The van der Waals surface area contributed by atoms with Crippen molar-refractivity contribution in [2.75, 3.05) is 26.2 Å². The van der Waals surface area contributed by atoms with E-state index >= 15 is 0 Å². The Morgan fingerprint density at radius 3 is 1.19 bits per heavy atom. The van der Waals surface area contributed by atoms with Gasteiger partial charge in [-0.05, 0) is 0 Å². The fourth-order valence-corrected chi connectivity index (χ4v) is 3.43. The van der Waals surface area contributed by atoms with Gasteiger partial charge in [0.1, 0.15) is 0 Å². The van der Waals surface area contributed by atoms with Gasteiger partial charge in [-0.3, -0.25) is 0 Å². The van der Waals surface area contributed by atoms with Crippen molar-refractivity contribution in [3.05, 3.63) is 10.6 Å². The third kappa shape index (κ3) is 35.0. The molecule has 0 N–H and O–H groups in total. The Balaban J connectivity index is -0.000000390. The summed E-state index contributed by atoms with van der Waals surface area (Å²) < 4.78 is 9.34. The first kappa shape index (κ1) is 35.8. The Morgan fingerprint density at radius 1 is 0.645 bits per heavy atom. The maximum atomic E-state index is 4.67. The first-order valence-electron chi connectivity index (χ1n) is 12.7. The molecule has 0 aliphatic rings. The molecule has 0 fully saturated rings.